The first-order valence-electron chi connectivity index (χ1n) is 15.8. The lowest BCUT2D eigenvalue weighted by Gasteiger charge is -2.33. The summed E-state index contributed by atoms with van der Waals surface area (Å²) in [5, 5.41) is 9.83. The normalized spacial score (nSPS) is 28.8. The molecular formula is C33H42BrN3O6Si. The van der Waals surface area contributed by atoms with Gasteiger partial charge in [-0.2, -0.15) is 0 Å². The molecule has 2 aromatic rings. The highest BCUT2D eigenvalue weighted by Gasteiger charge is 2.66. The summed E-state index contributed by atoms with van der Waals surface area (Å²) in [5.41, 5.74) is 1.49. The zero-order chi connectivity index (χ0) is 31.4. The number of benzene rings is 2. The average Bonchev–Trinajstić information content (AvgIpc) is 3.64. The van der Waals surface area contributed by atoms with Gasteiger partial charge in [-0.3, -0.25) is 14.4 Å². The molecule has 0 saturated carbocycles. The number of nitrogens with zero attached hydrogens (tertiary/aromatic N) is 3. The summed E-state index contributed by atoms with van der Waals surface area (Å²) in [6.07, 6.45) is 3.43. The van der Waals surface area contributed by atoms with Gasteiger partial charge in [0.1, 0.15) is 0 Å². The number of hydrogen-bond donors (Lipinski definition) is 2. The van der Waals surface area contributed by atoms with E-state index in [1.807, 2.05) is 67.4 Å². The maximum Gasteiger partial charge on any atom is 0.264 e. The fraction of sp³-hybridized carbons (Fsp3) is 0.545. The maximum absolute atomic E-state index is 14.7. The molecule has 3 fully saturated rings. The Morgan fingerprint density at radius 2 is 1.91 bits per heavy atom. The molecule has 236 valence electrons. The van der Waals surface area contributed by atoms with Crippen molar-refractivity contribution in [1.82, 2.24) is 4.90 Å². The van der Waals surface area contributed by atoms with Crippen LogP contribution in [0.25, 0.3) is 0 Å². The summed E-state index contributed by atoms with van der Waals surface area (Å²) < 4.78 is 7.67. The average molecular weight is 685 g/mol. The lowest BCUT2D eigenvalue weighted by atomic mass is 9.82. The topological polar surface area (TPSA) is 111 Å². The molecular weight excluding hydrogens is 642 g/mol. The summed E-state index contributed by atoms with van der Waals surface area (Å²) in [6, 6.07) is 13.4. The molecule has 11 heteroatoms. The van der Waals surface area contributed by atoms with Crippen LogP contribution in [-0.4, -0.2) is 72.7 Å². The first-order chi connectivity index (χ1) is 21.0. The minimum atomic E-state index is -2.93. The molecule has 0 bridgehead atoms. The van der Waals surface area contributed by atoms with E-state index in [1.54, 1.807) is 9.80 Å². The van der Waals surface area contributed by atoms with E-state index in [2.05, 4.69) is 15.9 Å². The van der Waals surface area contributed by atoms with Gasteiger partial charge in [0.05, 0.1) is 37.4 Å². The van der Waals surface area contributed by atoms with Gasteiger partial charge in [-0.1, -0.05) is 35.0 Å². The van der Waals surface area contributed by atoms with E-state index in [0.29, 0.717) is 26.1 Å². The number of hydrogen-bond acceptors (Lipinski definition) is 6. The van der Waals surface area contributed by atoms with Gasteiger partial charge in [0.2, 0.25) is 11.8 Å². The van der Waals surface area contributed by atoms with Crippen LogP contribution >= 0.6 is 15.9 Å². The van der Waals surface area contributed by atoms with Crippen molar-refractivity contribution in [2.45, 2.75) is 88.4 Å². The molecule has 4 aliphatic heterocycles. The van der Waals surface area contributed by atoms with E-state index in [9.17, 15) is 24.3 Å². The first kappa shape index (κ1) is 31.4. The number of likely N-dealkylation sites (tertiary alicyclic amines) is 1. The van der Waals surface area contributed by atoms with Crippen molar-refractivity contribution < 1.29 is 29.0 Å². The number of fused-ring (bicyclic) bond motifs is 2. The van der Waals surface area contributed by atoms with Crippen molar-refractivity contribution in [3.63, 3.8) is 0 Å². The van der Waals surface area contributed by atoms with Crippen molar-refractivity contribution in [3.8, 4) is 0 Å². The Kier molecular flexibility index (Phi) is 8.55. The van der Waals surface area contributed by atoms with Crippen molar-refractivity contribution in [3.05, 3.63) is 58.1 Å². The summed E-state index contributed by atoms with van der Waals surface area (Å²) in [6.45, 7) is 7.17. The number of amides is 3. The number of carbonyl (C=O) groups excluding carboxylic acids is 3. The highest BCUT2D eigenvalue weighted by molar-refractivity contribution is 9.10. The van der Waals surface area contributed by atoms with Crippen molar-refractivity contribution >= 4 is 53.3 Å². The Morgan fingerprint density at radius 3 is 2.64 bits per heavy atom. The van der Waals surface area contributed by atoms with Crippen molar-refractivity contribution in [2.24, 2.45) is 5.92 Å². The molecule has 4 heterocycles. The van der Waals surface area contributed by atoms with Gasteiger partial charge < -0.3 is 29.3 Å². The van der Waals surface area contributed by atoms with E-state index < -0.39 is 20.0 Å². The number of halogens is 1. The molecule has 0 aromatic heterocycles. The van der Waals surface area contributed by atoms with Crippen LogP contribution in [0.1, 0.15) is 56.6 Å². The van der Waals surface area contributed by atoms with Gasteiger partial charge in [0, 0.05) is 46.7 Å². The molecule has 2 aromatic carbocycles. The van der Waals surface area contributed by atoms with Crippen LogP contribution < -0.4 is 9.80 Å². The predicted octanol–water partition coefficient (Wildman–Crippen LogP) is 4.68. The van der Waals surface area contributed by atoms with Crippen LogP contribution in [-0.2, 0) is 31.3 Å². The molecule has 2 N–H and O–H groups in total. The molecule has 0 radical (unpaired) electrons. The SMILES string of the molecule is C[C@@H]1[C@@H]([Si](C)(C)O)[C@H](CC(=O)N2CCC[C@H]2CO)O[C@@]12C(=O)N(Cc1cccc(N3CCCCC3=O)c1)c1ccc(Br)cc12. The standard InChI is InChI=1S/C33H42BrN3O6Si/c1-21-31(44(2,3)42)28(18-30(40)36-15-7-10-25(36)20-38)43-33(21)26-17-23(34)12-13-27(26)37(32(33)41)19-22-8-6-9-24(16-22)35-14-5-4-11-29(35)39/h6,8-9,12-13,16-17,21,25,28,31,38,42H,4-5,7,10-11,14-15,18-20H2,1-3H3/t21-,25+,28+,31-,33+/m1/s1. The molecule has 5 atom stereocenters. The largest absolute Gasteiger partial charge is 0.432 e. The van der Waals surface area contributed by atoms with E-state index in [0.717, 1.165) is 52.7 Å². The second-order valence-corrected chi connectivity index (χ2v) is 18.2. The van der Waals surface area contributed by atoms with Gasteiger partial charge in [0.25, 0.3) is 5.91 Å². The lowest BCUT2D eigenvalue weighted by Crippen LogP contribution is -2.46. The van der Waals surface area contributed by atoms with Gasteiger partial charge in [0.15, 0.2) is 13.9 Å². The Balaban J connectivity index is 1.34. The third-order valence-corrected chi connectivity index (χ3v) is 13.1. The molecule has 44 heavy (non-hydrogen) atoms. The van der Waals surface area contributed by atoms with Crippen LogP contribution in [0.3, 0.4) is 0 Å². The summed E-state index contributed by atoms with van der Waals surface area (Å²) in [4.78, 5) is 57.8. The molecule has 9 nitrogen and oxygen atoms in total. The molecule has 0 unspecified atom stereocenters. The molecule has 3 amide bonds. The van der Waals surface area contributed by atoms with E-state index in [-0.39, 0.29) is 48.3 Å². The number of ether oxygens (including phenoxy) is 1. The Bertz CT molecular complexity index is 1470. The highest BCUT2D eigenvalue weighted by atomic mass is 79.9. The van der Waals surface area contributed by atoms with Gasteiger partial charge in [-0.25, -0.2) is 0 Å². The molecule has 3 saturated heterocycles. The fourth-order valence-electron chi connectivity index (χ4n) is 8.13. The minimum absolute atomic E-state index is 0.0484. The monoisotopic (exact) mass is 683 g/mol. The van der Waals surface area contributed by atoms with Crippen LogP contribution in [0.15, 0.2) is 46.9 Å². The van der Waals surface area contributed by atoms with Crippen LogP contribution in [0.2, 0.25) is 18.6 Å². The van der Waals surface area contributed by atoms with Crippen LogP contribution in [0.5, 0.6) is 0 Å². The predicted molar refractivity (Wildman–Crippen MR) is 174 cm³/mol. The number of rotatable bonds is 7. The van der Waals surface area contributed by atoms with Crippen LogP contribution in [0, 0.1) is 5.92 Å². The smallest absolute Gasteiger partial charge is 0.264 e. The molecule has 6 rings (SSSR count). The van der Waals surface area contributed by atoms with Crippen LogP contribution in [0.4, 0.5) is 11.4 Å². The third-order valence-electron chi connectivity index (χ3n) is 10.1. The van der Waals surface area contributed by atoms with E-state index in [4.69, 9.17) is 4.74 Å². The Labute approximate surface area is 268 Å². The second-order valence-electron chi connectivity index (χ2n) is 13.4. The molecule has 1 spiro atoms. The first-order valence-corrected chi connectivity index (χ1v) is 19.6. The maximum atomic E-state index is 14.7. The Morgan fingerprint density at radius 1 is 1.11 bits per heavy atom. The Hall–Kier alpha value is -2.57. The third kappa shape index (κ3) is 5.34. The van der Waals surface area contributed by atoms with E-state index >= 15 is 0 Å². The minimum Gasteiger partial charge on any atom is -0.432 e. The highest BCUT2D eigenvalue weighted by Crippen LogP contribution is 2.60. The van der Waals surface area contributed by atoms with Crippen molar-refractivity contribution in [1.29, 1.82) is 0 Å². The number of carbonyl (C=O) groups is 3. The number of piperidine rings is 1. The van der Waals surface area contributed by atoms with E-state index in [1.165, 1.54) is 0 Å². The lowest BCUT2D eigenvalue weighted by molar-refractivity contribution is -0.150. The summed E-state index contributed by atoms with van der Waals surface area (Å²) in [5.74, 6) is -0.582. The summed E-state index contributed by atoms with van der Waals surface area (Å²) in [7, 11) is -2.93. The zero-order valence-electron chi connectivity index (χ0n) is 25.7. The number of anilines is 2. The van der Waals surface area contributed by atoms with Gasteiger partial charge in [-0.05, 0) is 74.7 Å². The quantitative estimate of drug-likeness (QED) is 0.410. The van der Waals surface area contributed by atoms with Gasteiger partial charge >= 0.3 is 0 Å². The number of aliphatic hydroxyl groups is 1. The summed E-state index contributed by atoms with van der Waals surface area (Å²) >= 11 is 3.60. The zero-order valence-corrected chi connectivity index (χ0v) is 28.3. The number of aliphatic hydroxyl groups excluding tert-OH is 1. The fourth-order valence-corrected chi connectivity index (χ4v) is 11.0. The molecule has 4 aliphatic rings. The van der Waals surface area contributed by atoms with Gasteiger partial charge in [-0.15, -0.1) is 0 Å². The molecule has 0 aliphatic carbocycles. The van der Waals surface area contributed by atoms with Crippen molar-refractivity contribution in [2.75, 3.05) is 29.5 Å². The second kappa shape index (κ2) is 12.0.